The average Bonchev–Trinajstić information content (AvgIpc) is 2.46. The fourth-order valence-corrected chi connectivity index (χ4v) is 1.43. The molecule has 15 heavy (non-hydrogen) atoms. The van der Waals surface area contributed by atoms with Crippen LogP contribution in [-0.4, -0.2) is 19.8 Å². The van der Waals surface area contributed by atoms with Gasteiger partial charge in [0.15, 0.2) is 0 Å². The number of aryl methyl sites for hydroxylation is 1. The van der Waals surface area contributed by atoms with E-state index in [0.29, 0.717) is 16.4 Å². The number of aromatic nitrogens is 4. The third kappa shape index (κ3) is 1.71. The van der Waals surface area contributed by atoms with Gasteiger partial charge in [0.1, 0.15) is 0 Å². The highest BCUT2D eigenvalue weighted by atomic mass is 35.5. The first-order chi connectivity index (χ1) is 7.08. The normalized spacial score (nSPS) is 10.5. The van der Waals surface area contributed by atoms with Gasteiger partial charge in [-0.25, -0.2) is 4.79 Å². The average molecular weight is 226 g/mol. The van der Waals surface area contributed by atoms with Crippen LogP contribution in [-0.2, 0) is 7.05 Å². The Morgan fingerprint density at radius 3 is 2.60 bits per heavy atom. The van der Waals surface area contributed by atoms with Crippen LogP contribution in [0.3, 0.4) is 0 Å². The van der Waals surface area contributed by atoms with E-state index < -0.39 is 0 Å². The molecule has 78 valence electrons. The second-order valence-corrected chi connectivity index (χ2v) is 3.48. The van der Waals surface area contributed by atoms with E-state index in [2.05, 4.69) is 10.4 Å². The van der Waals surface area contributed by atoms with Gasteiger partial charge in [0.05, 0.1) is 5.69 Å². The van der Waals surface area contributed by atoms with E-state index in [1.807, 2.05) is 0 Å². The van der Waals surface area contributed by atoms with Gasteiger partial charge < -0.3 is 5.73 Å². The molecule has 0 bridgehead atoms. The lowest BCUT2D eigenvalue weighted by Gasteiger charge is -2.00. The molecular formula is C8H8ClN5O. The molecule has 1 aromatic heterocycles. The van der Waals surface area contributed by atoms with Gasteiger partial charge in [-0.3, -0.25) is 0 Å². The Balaban J connectivity index is 2.64. The smallest absolute Gasteiger partial charge is 0.368 e. The molecular weight excluding hydrogens is 218 g/mol. The van der Waals surface area contributed by atoms with Crippen molar-refractivity contribution in [3.05, 3.63) is 33.7 Å². The molecule has 6 nitrogen and oxygen atoms in total. The highest BCUT2D eigenvalue weighted by molar-refractivity contribution is 6.31. The first-order valence-corrected chi connectivity index (χ1v) is 4.51. The lowest BCUT2D eigenvalue weighted by Crippen LogP contribution is -2.21. The summed E-state index contributed by atoms with van der Waals surface area (Å²) < 4.78 is 2.25. The van der Waals surface area contributed by atoms with Crippen LogP contribution in [0.25, 0.3) is 5.69 Å². The number of hydrogen-bond acceptors (Lipinski definition) is 4. The van der Waals surface area contributed by atoms with Gasteiger partial charge in [0.25, 0.3) is 0 Å². The fraction of sp³-hybridized carbons (Fsp3) is 0.125. The highest BCUT2D eigenvalue weighted by Crippen LogP contribution is 2.17. The summed E-state index contributed by atoms with van der Waals surface area (Å²) in [7, 11) is 1.51. The van der Waals surface area contributed by atoms with E-state index in [1.54, 1.807) is 18.2 Å². The van der Waals surface area contributed by atoms with Crippen molar-refractivity contribution in [3.63, 3.8) is 0 Å². The zero-order valence-corrected chi connectivity index (χ0v) is 8.64. The SMILES string of the molecule is Cn1nnn(-c2cc(N)cc(Cl)c2)c1=O. The maximum atomic E-state index is 11.5. The minimum absolute atomic E-state index is 0.350. The summed E-state index contributed by atoms with van der Waals surface area (Å²) in [5.74, 6) is 0. The van der Waals surface area contributed by atoms with Crippen molar-refractivity contribution in [2.24, 2.45) is 7.05 Å². The lowest BCUT2D eigenvalue weighted by atomic mass is 10.3. The maximum Gasteiger partial charge on any atom is 0.368 e. The van der Waals surface area contributed by atoms with Crippen molar-refractivity contribution in [1.29, 1.82) is 0 Å². The zero-order chi connectivity index (χ0) is 11.0. The molecule has 2 aromatic rings. The van der Waals surface area contributed by atoms with Crippen LogP contribution >= 0.6 is 11.6 Å². The number of tetrazole rings is 1. The van der Waals surface area contributed by atoms with E-state index in [-0.39, 0.29) is 5.69 Å². The molecule has 0 aliphatic carbocycles. The molecule has 1 heterocycles. The first-order valence-electron chi connectivity index (χ1n) is 4.13. The van der Waals surface area contributed by atoms with Crippen molar-refractivity contribution in [3.8, 4) is 5.69 Å². The van der Waals surface area contributed by atoms with Crippen LogP contribution in [0.1, 0.15) is 0 Å². The summed E-state index contributed by atoms with van der Waals surface area (Å²) in [6.07, 6.45) is 0. The number of anilines is 1. The molecule has 0 atom stereocenters. The minimum atomic E-state index is -0.350. The third-order valence-electron chi connectivity index (χ3n) is 1.87. The predicted molar refractivity (Wildman–Crippen MR) is 56.0 cm³/mol. The number of benzene rings is 1. The number of nitrogens with two attached hydrogens (primary N) is 1. The van der Waals surface area contributed by atoms with Crippen LogP contribution in [0, 0.1) is 0 Å². The Morgan fingerprint density at radius 2 is 2.07 bits per heavy atom. The topological polar surface area (TPSA) is 78.7 Å². The lowest BCUT2D eigenvalue weighted by molar-refractivity contribution is 0.693. The molecule has 0 aliphatic rings. The number of hydrogen-bond donors (Lipinski definition) is 1. The number of halogens is 1. The van der Waals surface area contributed by atoms with Gasteiger partial charge in [-0.05, 0) is 28.6 Å². The quantitative estimate of drug-likeness (QED) is 0.704. The van der Waals surface area contributed by atoms with E-state index >= 15 is 0 Å². The summed E-state index contributed by atoms with van der Waals surface area (Å²) in [6.45, 7) is 0. The summed E-state index contributed by atoms with van der Waals surface area (Å²) >= 11 is 5.81. The number of rotatable bonds is 1. The van der Waals surface area contributed by atoms with Crippen molar-refractivity contribution in [2.45, 2.75) is 0 Å². The van der Waals surface area contributed by atoms with Crippen LogP contribution in [0.5, 0.6) is 0 Å². The third-order valence-corrected chi connectivity index (χ3v) is 2.09. The largest absolute Gasteiger partial charge is 0.399 e. The van der Waals surface area contributed by atoms with Crippen LogP contribution in [0.4, 0.5) is 5.69 Å². The molecule has 0 radical (unpaired) electrons. The van der Waals surface area contributed by atoms with Crippen LogP contribution in [0.2, 0.25) is 5.02 Å². The van der Waals surface area contributed by atoms with Crippen molar-refractivity contribution < 1.29 is 0 Å². The molecule has 7 heteroatoms. The Bertz CT molecular complexity index is 538. The Morgan fingerprint density at radius 1 is 1.33 bits per heavy atom. The van der Waals surface area contributed by atoms with E-state index in [4.69, 9.17) is 17.3 Å². The fourth-order valence-electron chi connectivity index (χ4n) is 1.19. The number of nitrogens with zero attached hydrogens (tertiary/aromatic N) is 4. The van der Waals surface area contributed by atoms with E-state index in [0.717, 1.165) is 9.36 Å². The standard InChI is InChI=1S/C8H8ClN5O/c1-13-8(15)14(12-11-13)7-3-5(9)2-6(10)4-7/h2-4H,10H2,1H3. The van der Waals surface area contributed by atoms with Crippen molar-refractivity contribution in [1.82, 2.24) is 19.8 Å². The van der Waals surface area contributed by atoms with Gasteiger partial charge in [-0.1, -0.05) is 11.6 Å². The van der Waals surface area contributed by atoms with Gasteiger partial charge in [-0.15, -0.1) is 0 Å². The van der Waals surface area contributed by atoms with Crippen molar-refractivity contribution >= 4 is 17.3 Å². The van der Waals surface area contributed by atoms with E-state index in [1.165, 1.54) is 7.05 Å². The Labute approximate surface area is 89.9 Å². The summed E-state index contributed by atoms with van der Waals surface area (Å²) in [6, 6.07) is 4.78. The summed E-state index contributed by atoms with van der Waals surface area (Å²) in [4.78, 5) is 11.5. The second kappa shape index (κ2) is 3.39. The highest BCUT2D eigenvalue weighted by Gasteiger charge is 2.07. The molecule has 0 unspecified atom stereocenters. The molecule has 0 aliphatic heterocycles. The molecule has 0 saturated carbocycles. The van der Waals surface area contributed by atoms with Gasteiger partial charge in [0.2, 0.25) is 0 Å². The van der Waals surface area contributed by atoms with Crippen LogP contribution in [0.15, 0.2) is 23.0 Å². The molecule has 0 amide bonds. The minimum Gasteiger partial charge on any atom is -0.399 e. The van der Waals surface area contributed by atoms with Gasteiger partial charge in [0, 0.05) is 17.8 Å². The molecule has 1 aromatic carbocycles. The first kappa shape index (κ1) is 9.72. The Kier molecular flexibility index (Phi) is 2.20. The monoisotopic (exact) mass is 225 g/mol. The molecule has 2 rings (SSSR count). The molecule has 2 N–H and O–H groups in total. The molecule has 0 spiro atoms. The maximum absolute atomic E-state index is 11.5. The van der Waals surface area contributed by atoms with Crippen LogP contribution < -0.4 is 11.4 Å². The predicted octanol–water partition coefficient (Wildman–Crippen LogP) is 0.202. The molecule has 0 saturated heterocycles. The molecule has 0 fully saturated rings. The second-order valence-electron chi connectivity index (χ2n) is 3.04. The van der Waals surface area contributed by atoms with Gasteiger partial charge >= 0.3 is 5.69 Å². The summed E-state index contributed by atoms with van der Waals surface area (Å²) in [5, 5.41) is 7.70. The van der Waals surface area contributed by atoms with Crippen molar-refractivity contribution in [2.75, 3.05) is 5.73 Å². The zero-order valence-electron chi connectivity index (χ0n) is 7.88. The van der Waals surface area contributed by atoms with Gasteiger partial charge in [-0.2, -0.15) is 9.36 Å². The number of nitrogen functional groups attached to an aromatic ring is 1. The Hall–Kier alpha value is -1.82. The van der Waals surface area contributed by atoms with E-state index in [9.17, 15) is 4.79 Å². The summed E-state index contributed by atoms with van der Waals surface area (Å²) in [5.41, 5.74) is 6.21.